The lowest BCUT2D eigenvalue weighted by Crippen LogP contribution is -2.27. The molecule has 118 valence electrons. The monoisotopic (exact) mass is 308 g/mol. The number of aromatic nitrogens is 1. The summed E-state index contributed by atoms with van der Waals surface area (Å²) in [5.74, 6) is 0.718. The summed E-state index contributed by atoms with van der Waals surface area (Å²) in [7, 11) is 0. The lowest BCUT2D eigenvalue weighted by atomic mass is 10.1. The van der Waals surface area contributed by atoms with Crippen molar-refractivity contribution in [3.8, 4) is 0 Å². The molecule has 23 heavy (non-hydrogen) atoms. The highest BCUT2D eigenvalue weighted by Gasteiger charge is 2.05. The number of aryl methyl sites for hydroxylation is 2. The fourth-order valence-electron chi connectivity index (χ4n) is 2.66. The zero-order valence-corrected chi connectivity index (χ0v) is 13.4. The summed E-state index contributed by atoms with van der Waals surface area (Å²) in [5, 5.41) is 2.97. The third-order valence-electron chi connectivity index (χ3n) is 3.74. The molecule has 0 spiro atoms. The number of nitrogens with one attached hydrogen (secondary N) is 1. The zero-order chi connectivity index (χ0) is 16.2. The molecular formula is C19H20N2O2. The van der Waals surface area contributed by atoms with Gasteiger partial charge in [0.05, 0.1) is 6.42 Å². The van der Waals surface area contributed by atoms with E-state index in [4.69, 9.17) is 4.42 Å². The third-order valence-corrected chi connectivity index (χ3v) is 3.74. The van der Waals surface area contributed by atoms with Crippen molar-refractivity contribution in [2.75, 3.05) is 6.54 Å². The van der Waals surface area contributed by atoms with Crippen molar-refractivity contribution < 1.29 is 9.21 Å². The maximum Gasteiger partial charge on any atom is 0.224 e. The average Bonchev–Trinajstić information content (AvgIpc) is 2.86. The van der Waals surface area contributed by atoms with E-state index in [1.54, 1.807) is 0 Å². The molecule has 2 aromatic carbocycles. The second-order valence-corrected chi connectivity index (χ2v) is 5.80. The van der Waals surface area contributed by atoms with Gasteiger partial charge in [0.15, 0.2) is 11.5 Å². The second-order valence-electron chi connectivity index (χ2n) is 5.80. The lowest BCUT2D eigenvalue weighted by Gasteiger charge is -2.06. The van der Waals surface area contributed by atoms with Gasteiger partial charge in [0.25, 0.3) is 0 Å². The van der Waals surface area contributed by atoms with Crippen LogP contribution in [0.1, 0.15) is 22.6 Å². The van der Waals surface area contributed by atoms with Crippen LogP contribution in [-0.4, -0.2) is 17.4 Å². The van der Waals surface area contributed by atoms with Crippen LogP contribution < -0.4 is 5.32 Å². The zero-order valence-electron chi connectivity index (χ0n) is 13.4. The standard InChI is InChI=1S/C19H20N2O2/c1-13-4-3-5-16(10-13)12-19(22)20-9-8-15-6-7-17-18(11-15)23-14(2)21-17/h3-7,10-11H,8-9,12H2,1-2H3,(H,20,22). The van der Waals surface area contributed by atoms with Gasteiger partial charge in [-0.3, -0.25) is 4.79 Å². The summed E-state index contributed by atoms with van der Waals surface area (Å²) < 4.78 is 5.53. The average molecular weight is 308 g/mol. The maximum absolute atomic E-state index is 12.0. The van der Waals surface area contributed by atoms with E-state index < -0.39 is 0 Å². The SMILES string of the molecule is Cc1cccc(CC(=O)NCCc2ccc3nc(C)oc3c2)c1. The minimum absolute atomic E-state index is 0.0483. The first-order chi connectivity index (χ1) is 11.1. The van der Waals surface area contributed by atoms with Crippen molar-refractivity contribution in [1.82, 2.24) is 10.3 Å². The van der Waals surface area contributed by atoms with Crippen LogP contribution in [-0.2, 0) is 17.6 Å². The molecule has 0 unspecified atom stereocenters. The van der Waals surface area contributed by atoms with Gasteiger partial charge >= 0.3 is 0 Å². The van der Waals surface area contributed by atoms with Crippen LogP contribution in [0.5, 0.6) is 0 Å². The van der Waals surface area contributed by atoms with Crippen LogP contribution in [0.4, 0.5) is 0 Å². The van der Waals surface area contributed by atoms with E-state index in [0.29, 0.717) is 18.9 Å². The predicted molar refractivity (Wildman–Crippen MR) is 90.3 cm³/mol. The van der Waals surface area contributed by atoms with E-state index in [9.17, 15) is 4.79 Å². The maximum atomic E-state index is 12.0. The Kier molecular flexibility index (Phi) is 4.42. The van der Waals surface area contributed by atoms with E-state index in [1.165, 1.54) is 5.56 Å². The number of rotatable bonds is 5. The molecule has 1 heterocycles. The number of fused-ring (bicyclic) bond motifs is 1. The molecule has 4 nitrogen and oxygen atoms in total. The van der Waals surface area contributed by atoms with Gasteiger partial charge in [-0.15, -0.1) is 0 Å². The first-order valence-electron chi connectivity index (χ1n) is 7.78. The molecular weight excluding hydrogens is 288 g/mol. The van der Waals surface area contributed by atoms with Crippen molar-refractivity contribution in [3.63, 3.8) is 0 Å². The van der Waals surface area contributed by atoms with Crippen LogP contribution in [0.3, 0.4) is 0 Å². The Balaban J connectivity index is 1.52. The number of carbonyl (C=O) groups excluding carboxylic acids is 1. The molecule has 3 aromatic rings. The highest BCUT2D eigenvalue weighted by Crippen LogP contribution is 2.17. The second kappa shape index (κ2) is 6.65. The topological polar surface area (TPSA) is 55.1 Å². The molecule has 1 aromatic heterocycles. The van der Waals surface area contributed by atoms with Crippen molar-refractivity contribution in [2.24, 2.45) is 0 Å². The molecule has 4 heteroatoms. The Hall–Kier alpha value is -2.62. The Bertz CT molecular complexity index is 836. The summed E-state index contributed by atoms with van der Waals surface area (Å²) in [4.78, 5) is 16.3. The van der Waals surface area contributed by atoms with Gasteiger partial charge in [-0.1, -0.05) is 35.9 Å². The van der Waals surface area contributed by atoms with Crippen molar-refractivity contribution in [3.05, 3.63) is 65.0 Å². The predicted octanol–water partition coefficient (Wildman–Crippen LogP) is 3.35. The fraction of sp³-hybridized carbons (Fsp3) is 0.263. The van der Waals surface area contributed by atoms with Crippen molar-refractivity contribution in [1.29, 1.82) is 0 Å². The van der Waals surface area contributed by atoms with Gasteiger partial charge in [-0.2, -0.15) is 0 Å². The molecule has 0 radical (unpaired) electrons. The van der Waals surface area contributed by atoms with E-state index >= 15 is 0 Å². The molecule has 0 aliphatic carbocycles. The fourth-order valence-corrected chi connectivity index (χ4v) is 2.66. The number of oxazole rings is 1. The summed E-state index contributed by atoms with van der Waals surface area (Å²) in [6.45, 7) is 4.48. The van der Waals surface area contributed by atoms with Gasteiger partial charge in [0, 0.05) is 13.5 Å². The Morgan fingerprint density at radius 2 is 2.00 bits per heavy atom. The summed E-state index contributed by atoms with van der Waals surface area (Å²) in [5.41, 5.74) is 5.01. The van der Waals surface area contributed by atoms with Gasteiger partial charge in [0.1, 0.15) is 5.52 Å². The first-order valence-corrected chi connectivity index (χ1v) is 7.78. The third kappa shape index (κ3) is 3.97. The number of hydrogen-bond acceptors (Lipinski definition) is 3. The summed E-state index contributed by atoms with van der Waals surface area (Å²) >= 11 is 0. The Morgan fingerprint density at radius 3 is 2.83 bits per heavy atom. The minimum atomic E-state index is 0.0483. The van der Waals surface area contributed by atoms with Gasteiger partial charge in [0.2, 0.25) is 5.91 Å². The molecule has 0 atom stereocenters. The highest BCUT2D eigenvalue weighted by atomic mass is 16.3. The van der Waals surface area contributed by atoms with E-state index in [-0.39, 0.29) is 5.91 Å². The number of hydrogen-bond donors (Lipinski definition) is 1. The van der Waals surface area contributed by atoms with Crippen LogP contribution in [0.2, 0.25) is 0 Å². The van der Waals surface area contributed by atoms with Gasteiger partial charge in [-0.25, -0.2) is 4.98 Å². The minimum Gasteiger partial charge on any atom is -0.441 e. The Morgan fingerprint density at radius 1 is 1.13 bits per heavy atom. The normalized spacial score (nSPS) is 10.9. The van der Waals surface area contributed by atoms with Gasteiger partial charge < -0.3 is 9.73 Å². The van der Waals surface area contributed by atoms with Crippen LogP contribution in [0, 0.1) is 13.8 Å². The van der Waals surface area contributed by atoms with Crippen LogP contribution >= 0.6 is 0 Å². The lowest BCUT2D eigenvalue weighted by molar-refractivity contribution is -0.120. The Labute approximate surface area is 135 Å². The van der Waals surface area contributed by atoms with E-state index in [1.807, 2.05) is 56.3 Å². The summed E-state index contributed by atoms with van der Waals surface area (Å²) in [6, 6.07) is 14.0. The van der Waals surface area contributed by atoms with Crippen LogP contribution in [0.15, 0.2) is 46.9 Å². The molecule has 0 saturated heterocycles. The number of carbonyl (C=O) groups is 1. The van der Waals surface area contributed by atoms with Crippen LogP contribution in [0.25, 0.3) is 11.1 Å². The molecule has 0 aliphatic heterocycles. The number of nitrogens with zero attached hydrogens (tertiary/aromatic N) is 1. The molecule has 0 saturated carbocycles. The van der Waals surface area contributed by atoms with Gasteiger partial charge in [-0.05, 0) is 36.6 Å². The molecule has 1 N–H and O–H groups in total. The highest BCUT2D eigenvalue weighted by molar-refractivity contribution is 5.78. The number of amides is 1. The quantitative estimate of drug-likeness (QED) is 0.786. The first kappa shape index (κ1) is 15.3. The van der Waals surface area contributed by atoms with Crippen molar-refractivity contribution in [2.45, 2.75) is 26.7 Å². The molecule has 0 fully saturated rings. The van der Waals surface area contributed by atoms with E-state index in [2.05, 4.69) is 10.3 Å². The largest absolute Gasteiger partial charge is 0.441 e. The number of benzene rings is 2. The van der Waals surface area contributed by atoms with Crippen molar-refractivity contribution >= 4 is 17.0 Å². The molecule has 1 amide bonds. The van der Waals surface area contributed by atoms with E-state index in [0.717, 1.165) is 28.6 Å². The molecule has 0 aliphatic rings. The molecule has 0 bridgehead atoms. The smallest absolute Gasteiger partial charge is 0.224 e. The molecule has 3 rings (SSSR count). The summed E-state index contributed by atoms with van der Waals surface area (Å²) in [6.07, 6.45) is 1.19.